The second-order valence-electron chi connectivity index (χ2n) is 9.70. The lowest BCUT2D eigenvalue weighted by Gasteiger charge is -2.14. The van der Waals surface area contributed by atoms with Crippen LogP contribution in [0.2, 0.25) is 0 Å². The van der Waals surface area contributed by atoms with Crippen molar-refractivity contribution >= 4 is 44.7 Å². The number of hydrogen-bond acceptors (Lipinski definition) is 8. The maximum absolute atomic E-state index is 15.2. The smallest absolute Gasteiger partial charge is 0.169 e. The normalized spacial score (nSPS) is 14.2. The molecule has 4 N–H and O–H groups in total. The van der Waals surface area contributed by atoms with Crippen molar-refractivity contribution < 1.29 is 14.3 Å². The summed E-state index contributed by atoms with van der Waals surface area (Å²) in [7, 11) is 0. The number of H-pyrrole nitrogens is 2. The molecule has 1 aliphatic carbocycles. The Morgan fingerprint density at radius 3 is 2.82 bits per heavy atom. The number of aromatic nitrogens is 6. The summed E-state index contributed by atoms with van der Waals surface area (Å²) in [5.74, 6) is 0.329. The summed E-state index contributed by atoms with van der Waals surface area (Å²) < 4.78 is 15.2. The fourth-order valence-corrected chi connectivity index (χ4v) is 5.59. The number of fused-ring (bicyclic) bond motifs is 2. The van der Waals surface area contributed by atoms with Gasteiger partial charge in [0.2, 0.25) is 0 Å². The third-order valence-corrected chi connectivity index (χ3v) is 8.09. The molecule has 5 heterocycles. The highest BCUT2D eigenvalue weighted by Gasteiger charge is 2.29. The number of anilines is 1. The number of aliphatic hydroxyl groups is 1. The Kier molecular flexibility index (Phi) is 5.49. The van der Waals surface area contributed by atoms with Gasteiger partial charge in [-0.3, -0.25) is 19.9 Å². The van der Waals surface area contributed by atoms with E-state index < -0.39 is 12.0 Å². The largest absolute Gasteiger partial charge is 0.374 e. The third kappa shape index (κ3) is 4.25. The molecule has 0 saturated heterocycles. The van der Waals surface area contributed by atoms with E-state index in [1.54, 1.807) is 36.8 Å². The molecule has 0 aliphatic heterocycles. The van der Waals surface area contributed by atoms with E-state index in [9.17, 15) is 9.90 Å². The highest BCUT2D eigenvalue weighted by Crippen LogP contribution is 2.36. The lowest BCUT2D eigenvalue weighted by atomic mass is 10.0. The lowest BCUT2D eigenvalue weighted by Crippen LogP contribution is -2.20. The number of halogens is 1. The number of hydrogen-bond donors (Lipinski definition) is 4. The molecule has 5 aromatic heterocycles. The second kappa shape index (κ2) is 9.07. The molecule has 0 spiro atoms. The number of carbonyl (C=O) groups excluding carboxylic acids is 1. The van der Waals surface area contributed by atoms with E-state index in [0.29, 0.717) is 55.3 Å². The first-order chi connectivity index (χ1) is 18.9. The number of aromatic amines is 2. The quantitative estimate of drug-likeness (QED) is 0.149. The molecule has 194 valence electrons. The molecule has 0 amide bonds. The number of ketones is 1. The monoisotopic (exact) mass is 539 g/mol. The lowest BCUT2D eigenvalue weighted by molar-refractivity contribution is 0.102. The van der Waals surface area contributed by atoms with Crippen molar-refractivity contribution in [3.63, 3.8) is 0 Å². The van der Waals surface area contributed by atoms with Crippen LogP contribution in [0.4, 0.5) is 10.1 Å². The van der Waals surface area contributed by atoms with Crippen molar-refractivity contribution in [2.75, 3.05) is 5.32 Å². The van der Waals surface area contributed by atoms with Crippen molar-refractivity contribution in [2.45, 2.75) is 26.0 Å². The minimum absolute atomic E-state index is 0.00257. The maximum Gasteiger partial charge on any atom is 0.169 e. The minimum atomic E-state index is -0.648. The van der Waals surface area contributed by atoms with Crippen molar-refractivity contribution in [1.29, 1.82) is 0 Å². The molecule has 9 nitrogen and oxygen atoms in total. The van der Waals surface area contributed by atoms with Crippen LogP contribution < -0.4 is 5.32 Å². The van der Waals surface area contributed by atoms with Gasteiger partial charge in [-0.15, -0.1) is 11.3 Å². The van der Waals surface area contributed by atoms with Crippen LogP contribution in [0.25, 0.3) is 55.2 Å². The number of aliphatic hydroxyl groups excluding tert-OH is 1. The number of carbonyl (C=O) groups is 1. The van der Waals surface area contributed by atoms with Gasteiger partial charge in [0.05, 0.1) is 32.7 Å². The fourth-order valence-electron chi connectivity index (χ4n) is 4.69. The maximum atomic E-state index is 15.2. The summed E-state index contributed by atoms with van der Waals surface area (Å²) in [6, 6.07) is 10.4. The molecule has 0 radical (unpaired) electrons. The molecule has 39 heavy (non-hydrogen) atoms. The first-order valence-electron chi connectivity index (χ1n) is 12.5. The number of imidazole rings is 1. The van der Waals surface area contributed by atoms with E-state index in [0.717, 1.165) is 23.2 Å². The number of benzene rings is 1. The first-order valence-corrected chi connectivity index (χ1v) is 13.3. The number of nitrogens with zero attached hydrogens (tertiary/aromatic N) is 4. The summed E-state index contributed by atoms with van der Waals surface area (Å²) in [6.45, 7) is 1.54. The zero-order valence-corrected chi connectivity index (χ0v) is 21.5. The van der Waals surface area contributed by atoms with E-state index in [1.165, 1.54) is 24.3 Å². The molecular formula is C28H22FN7O2S. The number of nitrogens with one attached hydrogen (secondary N) is 3. The summed E-state index contributed by atoms with van der Waals surface area (Å²) in [5.41, 5.74) is 4.71. The predicted molar refractivity (Wildman–Crippen MR) is 148 cm³/mol. The van der Waals surface area contributed by atoms with Crippen molar-refractivity contribution in [3.8, 4) is 33.2 Å². The Labute approximate surface area is 225 Å². The summed E-state index contributed by atoms with van der Waals surface area (Å²) in [4.78, 5) is 30.2. The van der Waals surface area contributed by atoms with Crippen LogP contribution in [0.5, 0.6) is 0 Å². The van der Waals surface area contributed by atoms with E-state index in [-0.39, 0.29) is 11.7 Å². The molecule has 11 heteroatoms. The van der Waals surface area contributed by atoms with Crippen LogP contribution in [0.15, 0.2) is 55.0 Å². The average Bonchev–Trinajstić information content (AvgIpc) is 3.31. The molecule has 6 aromatic rings. The van der Waals surface area contributed by atoms with Crippen LogP contribution >= 0.6 is 11.3 Å². The average molecular weight is 540 g/mol. The highest BCUT2D eigenvalue weighted by atomic mass is 32.1. The third-order valence-electron chi connectivity index (χ3n) is 6.89. The number of Topliss-reactive ketones (excluding diaryl/α,β-unsaturated/α-hetero) is 1. The van der Waals surface area contributed by atoms with Crippen LogP contribution in [-0.4, -0.2) is 47.3 Å². The molecule has 0 bridgehead atoms. The van der Waals surface area contributed by atoms with Gasteiger partial charge in [0.25, 0.3) is 0 Å². The Hall–Kier alpha value is -4.48. The first kappa shape index (κ1) is 23.6. The molecular weight excluding hydrogens is 517 g/mol. The van der Waals surface area contributed by atoms with E-state index >= 15 is 4.39 Å². The van der Waals surface area contributed by atoms with Crippen molar-refractivity contribution in [3.05, 3.63) is 65.7 Å². The Morgan fingerprint density at radius 2 is 2.03 bits per heavy atom. The topological polar surface area (TPSA) is 132 Å². The fraction of sp³-hybridized carbons (Fsp3) is 0.179. The van der Waals surface area contributed by atoms with Gasteiger partial charge in [0, 0.05) is 40.9 Å². The molecule has 1 saturated carbocycles. The van der Waals surface area contributed by atoms with E-state index in [1.807, 2.05) is 12.1 Å². The van der Waals surface area contributed by atoms with Crippen LogP contribution in [0.3, 0.4) is 0 Å². The Bertz CT molecular complexity index is 1890. The van der Waals surface area contributed by atoms with Gasteiger partial charge in [-0.05, 0) is 50.1 Å². The van der Waals surface area contributed by atoms with E-state index in [2.05, 4.69) is 30.5 Å². The molecule has 7 rings (SSSR count). The van der Waals surface area contributed by atoms with Crippen molar-refractivity contribution in [2.24, 2.45) is 5.92 Å². The summed E-state index contributed by atoms with van der Waals surface area (Å²) >= 11 is 1.37. The standard InChI is InChI=1S/C28H22FN7O2S/c1-13(37)22-4-5-23(39-22)26-25-20(6-7-31-26)33-27(34-25)24-18-9-17(19(29)10-21(18)35-36-24)15-8-16(12-30-11-15)32-28(38)14-2-3-14/h4-12,14,28,32,38H,2-3H2,1H3,(H,33,34)(H,35,36). The molecule has 1 fully saturated rings. The van der Waals surface area contributed by atoms with Gasteiger partial charge in [0.1, 0.15) is 28.9 Å². The van der Waals surface area contributed by atoms with Crippen LogP contribution in [-0.2, 0) is 0 Å². The molecule has 1 unspecified atom stereocenters. The number of pyridine rings is 2. The van der Waals surface area contributed by atoms with Gasteiger partial charge in [-0.2, -0.15) is 5.10 Å². The number of rotatable bonds is 7. The molecule has 1 atom stereocenters. The highest BCUT2D eigenvalue weighted by molar-refractivity contribution is 7.17. The Balaban J connectivity index is 1.29. The summed E-state index contributed by atoms with van der Waals surface area (Å²) in [6.07, 6.45) is 6.22. The van der Waals surface area contributed by atoms with E-state index in [4.69, 9.17) is 4.98 Å². The van der Waals surface area contributed by atoms with Crippen molar-refractivity contribution in [1.82, 2.24) is 30.1 Å². The van der Waals surface area contributed by atoms with Gasteiger partial charge in [-0.1, -0.05) is 0 Å². The van der Waals surface area contributed by atoms with Gasteiger partial charge < -0.3 is 15.4 Å². The molecule has 1 aliphatic rings. The number of thiophene rings is 1. The van der Waals surface area contributed by atoms with Crippen LogP contribution in [0.1, 0.15) is 29.4 Å². The van der Waals surface area contributed by atoms with Gasteiger partial charge in [-0.25, -0.2) is 9.37 Å². The predicted octanol–water partition coefficient (Wildman–Crippen LogP) is 5.77. The summed E-state index contributed by atoms with van der Waals surface area (Å²) in [5, 5.41) is 21.3. The second-order valence-corrected chi connectivity index (χ2v) is 10.8. The van der Waals surface area contributed by atoms with Crippen LogP contribution in [0, 0.1) is 11.7 Å². The molecule has 1 aromatic carbocycles. The Morgan fingerprint density at radius 1 is 1.15 bits per heavy atom. The zero-order valence-electron chi connectivity index (χ0n) is 20.7. The minimum Gasteiger partial charge on any atom is -0.374 e. The van der Waals surface area contributed by atoms with Gasteiger partial charge in [0.15, 0.2) is 11.6 Å². The SMILES string of the molecule is CC(=O)c1ccc(-c2nccc3[nH]c(-c4n[nH]c5cc(F)c(-c6cncc(NC(O)C7CC7)c6)cc45)nc23)s1. The zero-order chi connectivity index (χ0) is 26.7. The van der Waals surface area contributed by atoms with Gasteiger partial charge >= 0.3 is 0 Å².